The van der Waals surface area contributed by atoms with Crippen LogP contribution in [-0.4, -0.2) is 53.7 Å². The first-order valence-electron chi connectivity index (χ1n) is 6.07. The van der Waals surface area contributed by atoms with Crippen molar-refractivity contribution in [1.29, 1.82) is 0 Å². The van der Waals surface area contributed by atoms with Crippen LogP contribution in [0.3, 0.4) is 0 Å². The molecule has 1 N–H and O–H groups in total. The van der Waals surface area contributed by atoms with E-state index in [9.17, 15) is 19.5 Å². The summed E-state index contributed by atoms with van der Waals surface area (Å²) >= 11 is 0. The molecule has 1 unspecified atom stereocenters. The summed E-state index contributed by atoms with van der Waals surface area (Å²) in [5, 5.41) is 9.79. The molecule has 0 bridgehead atoms. The summed E-state index contributed by atoms with van der Waals surface area (Å²) in [7, 11) is 0. The number of esters is 3. The standard InChI is InChI=1S/C12H18O8/c1-5-9(18-6(2)13)10(19-7(3)14)11(12(16)17-5)20-8(4)15/h5,9-12,16H,1-4H3/t5-,9?,10-,11-,12+/m0/s1. The number of hydrogen-bond acceptors (Lipinski definition) is 8. The summed E-state index contributed by atoms with van der Waals surface area (Å²) in [5.74, 6) is -1.96. The maximum Gasteiger partial charge on any atom is 0.303 e. The quantitative estimate of drug-likeness (QED) is 0.548. The van der Waals surface area contributed by atoms with Crippen LogP contribution in [-0.2, 0) is 33.3 Å². The average molecular weight is 290 g/mol. The SMILES string of the molecule is CC(=O)OC1[C@H](C)O[C@@H](O)[C@@H](OC(C)=O)[C@H]1OC(C)=O. The molecule has 1 heterocycles. The van der Waals surface area contributed by atoms with Gasteiger partial charge in [-0.25, -0.2) is 0 Å². The zero-order chi connectivity index (χ0) is 15.4. The molecule has 1 rings (SSSR count). The van der Waals surface area contributed by atoms with Gasteiger partial charge < -0.3 is 24.1 Å². The van der Waals surface area contributed by atoms with Crippen LogP contribution in [0, 0.1) is 0 Å². The number of hydrogen-bond donors (Lipinski definition) is 1. The zero-order valence-electron chi connectivity index (χ0n) is 11.7. The second-order valence-electron chi connectivity index (χ2n) is 4.45. The molecule has 0 aromatic rings. The summed E-state index contributed by atoms with van der Waals surface area (Å²) in [5.41, 5.74) is 0. The van der Waals surface area contributed by atoms with Gasteiger partial charge in [0.05, 0.1) is 6.10 Å². The van der Waals surface area contributed by atoms with E-state index < -0.39 is 48.6 Å². The molecule has 8 nitrogen and oxygen atoms in total. The summed E-state index contributed by atoms with van der Waals surface area (Å²) in [6, 6.07) is 0. The second-order valence-corrected chi connectivity index (χ2v) is 4.45. The first-order chi connectivity index (χ1) is 9.22. The highest BCUT2D eigenvalue weighted by molar-refractivity contribution is 5.68. The fraction of sp³-hybridized carbons (Fsp3) is 0.750. The number of carbonyl (C=O) groups excluding carboxylic acids is 3. The normalized spacial score (nSPS) is 33.1. The number of ether oxygens (including phenoxy) is 4. The van der Waals surface area contributed by atoms with Gasteiger partial charge in [-0.05, 0) is 6.92 Å². The van der Waals surface area contributed by atoms with Crippen LogP contribution in [0.2, 0.25) is 0 Å². The molecule has 1 aliphatic rings. The van der Waals surface area contributed by atoms with Crippen molar-refractivity contribution in [3.8, 4) is 0 Å². The fourth-order valence-corrected chi connectivity index (χ4v) is 1.99. The van der Waals surface area contributed by atoms with Gasteiger partial charge in [0.1, 0.15) is 0 Å². The van der Waals surface area contributed by atoms with E-state index >= 15 is 0 Å². The summed E-state index contributed by atoms with van der Waals surface area (Å²) < 4.78 is 20.1. The topological polar surface area (TPSA) is 108 Å². The zero-order valence-corrected chi connectivity index (χ0v) is 11.7. The largest absolute Gasteiger partial charge is 0.456 e. The molecule has 5 atom stereocenters. The monoisotopic (exact) mass is 290 g/mol. The average Bonchev–Trinajstić information content (AvgIpc) is 2.27. The van der Waals surface area contributed by atoms with Gasteiger partial charge in [0.2, 0.25) is 0 Å². The highest BCUT2D eigenvalue weighted by atomic mass is 16.7. The van der Waals surface area contributed by atoms with Gasteiger partial charge in [-0.2, -0.15) is 0 Å². The van der Waals surface area contributed by atoms with Crippen LogP contribution in [0.1, 0.15) is 27.7 Å². The van der Waals surface area contributed by atoms with Crippen molar-refractivity contribution in [3.63, 3.8) is 0 Å². The minimum atomic E-state index is -1.48. The highest BCUT2D eigenvalue weighted by Crippen LogP contribution is 2.27. The predicted molar refractivity (Wildman–Crippen MR) is 63.2 cm³/mol. The molecule has 0 aliphatic carbocycles. The lowest BCUT2D eigenvalue weighted by molar-refractivity contribution is -0.288. The Morgan fingerprint density at radius 1 is 0.850 bits per heavy atom. The predicted octanol–water partition coefficient (Wildman–Crippen LogP) is -0.481. The minimum Gasteiger partial charge on any atom is -0.456 e. The Bertz CT molecular complexity index is 365. The van der Waals surface area contributed by atoms with Crippen molar-refractivity contribution < 1.29 is 38.4 Å². The Hall–Kier alpha value is -1.67. The van der Waals surface area contributed by atoms with E-state index in [0.29, 0.717) is 0 Å². The maximum atomic E-state index is 11.2. The molecule has 1 aliphatic heterocycles. The van der Waals surface area contributed by atoms with Gasteiger partial charge in [0.25, 0.3) is 0 Å². The van der Waals surface area contributed by atoms with Crippen LogP contribution >= 0.6 is 0 Å². The fourth-order valence-electron chi connectivity index (χ4n) is 1.99. The van der Waals surface area contributed by atoms with Gasteiger partial charge in [0, 0.05) is 20.8 Å². The van der Waals surface area contributed by atoms with E-state index in [2.05, 4.69) is 0 Å². The Balaban J connectivity index is 3.01. The molecular formula is C12H18O8. The van der Waals surface area contributed by atoms with Gasteiger partial charge in [-0.1, -0.05) is 0 Å². The molecule has 0 aromatic carbocycles. The molecule has 0 radical (unpaired) electrons. The Morgan fingerprint density at radius 2 is 1.25 bits per heavy atom. The van der Waals surface area contributed by atoms with Crippen molar-refractivity contribution in [1.82, 2.24) is 0 Å². The van der Waals surface area contributed by atoms with Gasteiger partial charge in [-0.3, -0.25) is 14.4 Å². The first kappa shape index (κ1) is 16.4. The van der Waals surface area contributed by atoms with Crippen LogP contribution in [0.4, 0.5) is 0 Å². The van der Waals surface area contributed by atoms with E-state index in [0.717, 1.165) is 13.8 Å². The van der Waals surface area contributed by atoms with Gasteiger partial charge in [0.15, 0.2) is 24.6 Å². The van der Waals surface area contributed by atoms with E-state index in [1.54, 1.807) is 0 Å². The molecular weight excluding hydrogens is 272 g/mol. The Kier molecular flexibility index (Phi) is 5.46. The molecule has 1 saturated heterocycles. The molecule has 0 spiro atoms. The van der Waals surface area contributed by atoms with Crippen LogP contribution < -0.4 is 0 Å². The van der Waals surface area contributed by atoms with Gasteiger partial charge in [-0.15, -0.1) is 0 Å². The third-order valence-corrected chi connectivity index (χ3v) is 2.65. The summed E-state index contributed by atoms with van der Waals surface area (Å²) in [6.07, 6.45) is -5.60. The lowest BCUT2D eigenvalue weighted by atomic mass is 9.99. The Labute approximate surface area is 115 Å². The summed E-state index contributed by atoms with van der Waals surface area (Å²) in [6.45, 7) is 5.01. The second kappa shape index (κ2) is 6.67. The molecule has 20 heavy (non-hydrogen) atoms. The van der Waals surface area contributed by atoms with E-state index in [4.69, 9.17) is 18.9 Å². The Morgan fingerprint density at radius 3 is 1.70 bits per heavy atom. The molecule has 0 amide bonds. The van der Waals surface area contributed by atoms with Crippen molar-refractivity contribution in [2.45, 2.75) is 58.4 Å². The highest BCUT2D eigenvalue weighted by Gasteiger charge is 2.49. The number of rotatable bonds is 3. The lowest BCUT2D eigenvalue weighted by Crippen LogP contribution is -2.60. The number of aliphatic hydroxyl groups is 1. The van der Waals surface area contributed by atoms with Crippen molar-refractivity contribution in [2.24, 2.45) is 0 Å². The number of carbonyl (C=O) groups is 3. The maximum absolute atomic E-state index is 11.2. The van der Waals surface area contributed by atoms with Crippen LogP contribution in [0.15, 0.2) is 0 Å². The smallest absolute Gasteiger partial charge is 0.303 e. The van der Waals surface area contributed by atoms with Crippen molar-refractivity contribution in [2.75, 3.05) is 0 Å². The van der Waals surface area contributed by atoms with Gasteiger partial charge >= 0.3 is 17.9 Å². The molecule has 0 saturated carbocycles. The molecule has 8 heteroatoms. The van der Waals surface area contributed by atoms with E-state index in [1.807, 2.05) is 0 Å². The van der Waals surface area contributed by atoms with Crippen LogP contribution in [0.5, 0.6) is 0 Å². The van der Waals surface area contributed by atoms with E-state index in [1.165, 1.54) is 13.8 Å². The summed E-state index contributed by atoms with van der Waals surface area (Å²) in [4.78, 5) is 33.3. The first-order valence-corrected chi connectivity index (χ1v) is 6.07. The lowest BCUT2D eigenvalue weighted by Gasteiger charge is -2.41. The van der Waals surface area contributed by atoms with E-state index in [-0.39, 0.29) is 0 Å². The molecule has 0 aromatic heterocycles. The van der Waals surface area contributed by atoms with Crippen molar-refractivity contribution in [3.05, 3.63) is 0 Å². The third-order valence-electron chi connectivity index (χ3n) is 2.65. The molecule has 1 fully saturated rings. The minimum absolute atomic E-state index is 0.611. The third kappa shape index (κ3) is 4.17. The number of aliphatic hydroxyl groups excluding tert-OH is 1. The van der Waals surface area contributed by atoms with Crippen molar-refractivity contribution >= 4 is 17.9 Å². The van der Waals surface area contributed by atoms with Crippen LogP contribution in [0.25, 0.3) is 0 Å². The molecule has 114 valence electrons.